The molecular weight excluding hydrogens is 1260 g/mol. The Balaban J connectivity index is 0.963. The molecule has 12 aromatic carbocycles. The molecule has 2 aliphatic rings. The maximum absolute atomic E-state index is 6.49. The SMILES string of the molecule is C1=NC(c2ccc(SCc3ccccc3)cc2)(C2(c3ccc(SCc4ccccc4)cc3)N=C(c3ccc(SCc4ccccc4)cc3)C(c3ccc(SCc4ccccc4)cc3)(c3ccc(SCc4ccccc4)cc3)N2)N=C1c1ccc(SCc2ccccc2)cc1. The van der Waals surface area contributed by atoms with Crippen LogP contribution in [0.1, 0.15) is 66.8 Å². The molecule has 12 aromatic rings. The molecule has 0 aliphatic carbocycles. The molecule has 0 aromatic heterocycles. The maximum Gasteiger partial charge on any atom is 0.218 e. The van der Waals surface area contributed by atoms with E-state index in [9.17, 15) is 0 Å². The van der Waals surface area contributed by atoms with Gasteiger partial charge in [0.2, 0.25) is 5.66 Å². The van der Waals surface area contributed by atoms with Crippen molar-refractivity contribution in [2.75, 3.05) is 0 Å². The third-order valence-corrected chi connectivity index (χ3v) is 23.5. The molecule has 14 rings (SSSR count). The van der Waals surface area contributed by atoms with Crippen molar-refractivity contribution in [2.24, 2.45) is 15.0 Å². The Morgan fingerprint density at radius 2 is 0.521 bits per heavy atom. The van der Waals surface area contributed by atoms with Crippen LogP contribution in [0.3, 0.4) is 0 Å². The van der Waals surface area contributed by atoms with Crippen LogP contribution < -0.4 is 5.32 Å². The predicted molar refractivity (Wildman–Crippen MR) is 404 cm³/mol. The van der Waals surface area contributed by atoms with E-state index in [0.29, 0.717) is 0 Å². The van der Waals surface area contributed by atoms with Crippen molar-refractivity contribution in [1.82, 2.24) is 5.32 Å². The van der Waals surface area contributed by atoms with Crippen LogP contribution in [-0.4, -0.2) is 17.6 Å². The van der Waals surface area contributed by atoms with Crippen molar-refractivity contribution in [3.63, 3.8) is 0 Å². The fourth-order valence-electron chi connectivity index (χ4n) is 12.1. The minimum atomic E-state index is -1.40. The topological polar surface area (TPSA) is 49.1 Å². The van der Waals surface area contributed by atoms with Crippen molar-refractivity contribution in [2.45, 2.75) is 80.8 Å². The number of benzene rings is 12. The van der Waals surface area contributed by atoms with Crippen LogP contribution in [0.15, 0.2) is 372 Å². The number of rotatable bonds is 25. The zero-order chi connectivity index (χ0) is 63.3. The number of thioether (sulfide) groups is 6. The van der Waals surface area contributed by atoms with E-state index >= 15 is 0 Å². The number of hydrogen-bond donors (Lipinski definition) is 1. The molecular formula is C84H68N4S6. The van der Waals surface area contributed by atoms with Gasteiger partial charge < -0.3 is 0 Å². The average Bonchev–Trinajstić information content (AvgIpc) is 1.51. The summed E-state index contributed by atoms with van der Waals surface area (Å²) in [5.41, 5.74) is 11.4. The van der Waals surface area contributed by atoms with E-state index in [4.69, 9.17) is 15.0 Å². The van der Waals surface area contributed by atoms with E-state index in [1.807, 2.05) is 76.8 Å². The molecule has 94 heavy (non-hydrogen) atoms. The Morgan fingerprint density at radius 3 is 0.830 bits per heavy atom. The van der Waals surface area contributed by atoms with Crippen molar-refractivity contribution in [3.8, 4) is 0 Å². The van der Waals surface area contributed by atoms with E-state index in [1.54, 1.807) is 0 Å². The van der Waals surface area contributed by atoms with E-state index in [1.165, 1.54) is 53.0 Å². The Hall–Kier alpha value is -8.29. The molecule has 0 amide bonds. The second-order valence-electron chi connectivity index (χ2n) is 23.3. The second-order valence-corrected chi connectivity index (χ2v) is 29.6. The Morgan fingerprint density at radius 1 is 0.255 bits per heavy atom. The average molecular weight is 1330 g/mol. The van der Waals surface area contributed by atoms with Crippen LogP contribution in [0.5, 0.6) is 0 Å². The van der Waals surface area contributed by atoms with Gasteiger partial charge >= 0.3 is 0 Å². The standard InChI is InChI=1S/C84H68N4S6/c1-7-19-62(20-8-1)56-89-74-43-31-68(32-44-74)80-55-85-83(86-80,72-39-51-78(52-40-72)93-60-66-27-15-5-16-28-66)84(73-41-53-79(54-42-73)94-61-67-29-17-6-18-30-67)87-81(69-33-45-75(46-34-69)90-57-63-21-9-2-10-22-63)82(88-84,70-35-47-76(48-36-70)91-58-64-23-11-3-12-24-64)71-37-49-77(50-38-71)92-59-65-25-13-4-14-26-65/h1-55,88H,56-61H2. The first kappa shape index (κ1) is 63.1. The first-order valence-corrected chi connectivity index (χ1v) is 37.5. The van der Waals surface area contributed by atoms with Gasteiger partial charge in [-0.1, -0.05) is 255 Å². The summed E-state index contributed by atoms with van der Waals surface area (Å²) in [4.78, 5) is 25.6. The second kappa shape index (κ2) is 30.0. The summed E-state index contributed by atoms with van der Waals surface area (Å²) in [6.07, 6.45) is 2.00. The predicted octanol–water partition coefficient (Wildman–Crippen LogP) is 22.1. The zero-order valence-corrected chi connectivity index (χ0v) is 56.7. The molecule has 4 nitrogen and oxygen atoms in total. The van der Waals surface area contributed by atoms with Gasteiger partial charge in [-0.15, -0.1) is 70.6 Å². The highest BCUT2D eigenvalue weighted by Gasteiger charge is 2.65. The summed E-state index contributed by atoms with van der Waals surface area (Å²) in [5, 5.41) is 4.61. The lowest BCUT2D eigenvalue weighted by molar-refractivity contribution is 0.180. The first-order chi connectivity index (χ1) is 46.4. The van der Waals surface area contributed by atoms with Crippen molar-refractivity contribution in [3.05, 3.63) is 394 Å². The van der Waals surface area contributed by atoms with Crippen LogP contribution in [0, 0.1) is 0 Å². The van der Waals surface area contributed by atoms with Crippen molar-refractivity contribution < 1.29 is 0 Å². The molecule has 0 bridgehead atoms. The van der Waals surface area contributed by atoms with Gasteiger partial charge in [0.15, 0.2) is 5.66 Å². The molecule has 1 N–H and O–H groups in total. The lowest BCUT2D eigenvalue weighted by Crippen LogP contribution is -2.59. The Kier molecular flexibility index (Phi) is 20.1. The van der Waals surface area contributed by atoms with Gasteiger partial charge in [-0.25, -0.2) is 4.99 Å². The largest absolute Gasteiger partial charge is 0.267 e. The highest BCUT2D eigenvalue weighted by Crippen LogP contribution is 2.56. The molecule has 0 saturated carbocycles. The third kappa shape index (κ3) is 14.5. The van der Waals surface area contributed by atoms with E-state index in [2.05, 4.69) is 333 Å². The minimum Gasteiger partial charge on any atom is -0.267 e. The molecule has 2 unspecified atom stereocenters. The molecule has 460 valence electrons. The van der Waals surface area contributed by atoms with Gasteiger partial charge in [0.25, 0.3) is 0 Å². The maximum atomic E-state index is 6.49. The molecule has 0 fully saturated rings. The number of aliphatic imine (C=N–C) groups is 3. The molecule has 2 heterocycles. The zero-order valence-electron chi connectivity index (χ0n) is 51.8. The number of hydrogen-bond acceptors (Lipinski definition) is 10. The highest BCUT2D eigenvalue weighted by molar-refractivity contribution is 7.99. The smallest absolute Gasteiger partial charge is 0.218 e. The summed E-state index contributed by atoms with van der Waals surface area (Å²) in [7, 11) is 0. The van der Waals surface area contributed by atoms with Crippen LogP contribution in [-0.2, 0) is 51.4 Å². The molecule has 2 aliphatic heterocycles. The highest BCUT2D eigenvalue weighted by atomic mass is 32.2. The van der Waals surface area contributed by atoms with Crippen LogP contribution in [0.2, 0.25) is 0 Å². The van der Waals surface area contributed by atoms with Gasteiger partial charge in [-0.3, -0.25) is 15.3 Å². The summed E-state index contributed by atoms with van der Waals surface area (Å²) < 4.78 is 0. The van der Waals surface area contributed by atoms with E-state index in [0.717, 1.165) is 89.1 Å². The Labute approximate surface area is 578 Å². The van der Waals surface area contributed by atoms with Crippen LogP contribution in [0.4, 0.5) is 0 Å². The van der Waals surface area contributed by atoms with Gasteiger partial charge in [-0.2, -0.15) is 0 Å². The summed E-state index contributed by atoms with van der Waals surface area (Å²) in [6, 6.07) is 119. The first-order valence-electron chi connectivity index (χ1n) is 31.6. The van der Waals surface area contributed by atoms with Crippen LogP contribution in [0.25, 0.3) is 0 Å². The monoisotopic (exact) mass is 1320 g/mol. The lowest BCUT2D eigenvalue weighted by Gasteiger charge is -2.44. The normalized spacial score (nSPS) is 16.4. The van der Waals surface area contributed by atoms with E-state index < -0.39 is 16.9 Å². The fourth-order valence-corrected chi connectivity index (χ4v) is 17.2. The quantitative estimate of drug-likeness (QED) is 0.0572. The summed E-state index contributed by atoms with van der Waals surface area (Å²) >= 11 is 11.1. The minimum absolute atomic E-state index is 0.784. The molecule has 0 radical (unpaired) electrons. The van der Waals surface area contributed by atoms with Gasteiger partial charge in [0.05, 0.1) is 17.6 Å². The van der Waals surface area contributed by atoms with Crippen molar-refractivity contribution >= 4 is 88.2 Å². The molecule has 2 atom stereocenters. The summed E-state index contributed by atoms with van der Waals surface area (Å²) in [5.74, 6) is 5.14. The number of nitrogens with one attached hydrogen (secondary N) is 1. The van der Waals surface area contributed by atoms with Crippen molar-refractivity contribution in [1.29, 1.82) is 0 Å². The molecule has 0 spiro atoms. The lowest BCUT2D eigenvalue weighted by atomic mass is 9.75. The van der Waals surface area contributed by atoms with Crippen LogP contribution >= 0.6 is 70.6 Å². The number of nitrogens with zero attached hydrogens (tertiary/aromatic N) is 3. The van der Waals surface area contributed by atoms with Gasteiger partial charge in [-0.05, 0) is 128 Å². The van der Waals surface area contributed by atoms with Gasteiger partial charge in [0.1, 0.15) is 5.54 Å². The third-order valence-electron chi connectivity index (χ3n) is 17.0. The molecule has 0 saturated heterocycles. The molecule has 10 heteroatoms. The van der Waals surface area contributed by atoms with Gasteiger partial charge in [0, 0.05) is 75.0 Å². The Bertz CT molecular complexity index is 4420. The fraction of sp³-hybridized carbons (Fsp3) is 0.107. The van der Waals surface area contributed by atoms with E-state index in [-0.39, 0.29) is 0 Å². The summed E-state index contributed by atoms with van der Waals surface area (Å²) in [6.45, 7) is 0.